The van der Waals surface area contributed by atoms with Crippen molar-refractivity contribution in [2.75, 3.05) is 0 Å². The molecule has 6 rings (SSSR count). The quantitative estimate of drug-likeness (QED) is 0.154. The minimum atomic E-state index is -1.83. The molecule has 0 amide bonds. The standard InChI is InChI=1S/C41H46S2Si/c1-26(2)44(27(3)4,28(5)6)38-25-37-34(21-20-33(40(37)43-38)29-13-11-10-12-14-29)35-22-19-32(36-23-24-42-39(35)36)30-15-17-31(18-16-30)41(7,8)9/h10-28H,1-9H3. The lowest BCUT2D eigenvalue weighted by Crippen LogP contribution is -2.54. The van der Waals surface area contributed by atoms with E-state index in [1.165, 1.54) is 59.1 Å². The Hall–Kier alpha value is -2.98. The maximum atomic E-state index is 2.63. The normalized spacial score (nSPS) is 12.8. The first kappa shape index (κ1) is 31.0. The van der Waals surface area contributed by atoms with Gasteiger partial charge in [-0.1, -0.05) is 141 Å². The van der Waals surface area contributed by atoms with Gasteiger partial charge in [0.15, 0.2) is 0 Å². The predicted molar refractivity (Wildman–Crippen MR) is 203 cm³/mol. The zero-order valence-electron chi connectivity index (χ0n) is 27.8. The SMILES string of the molecule is CC(C)[Si](c1cc2c(-c3ccc(-c4ccc(C(C)(C)C)cc4)c4ccsc34)ccc(-c3ccccc3)c2s1)(C(C)C)C(C)C. The van der Waals surface area contributed by atoms with Crippen molar-refractivity contribution in [1.29, 1.82) is 0 Å². The van der Waals surface area contributed by atoms with Crippen molar-refractivity contribution in [3.05, 3.63) is 102 Å². The first-order chi connectivity index (χ1) is 20.9. The second-order valence-corrected chi connectivity index (χ2v) is 22.6. The van der Waals surface area contributed by atoms with Crippen LogP contribution in [0.15, 0.2) is 96.4 Å². The number of benzene rings is 4. The summed E-state index contributed by atoms with van der Waals surface area (Å²) in [5.41, 5.74) is 11.5. The van der Waals surface area contributed by atoms with Crippen LogP contribution in [-0.4, -0.2) is 8.07 Å². The fourth-order valence-electron chi connectivity index (χ4n) is 7.95. The van der Waals surface area contributed by atoms with E-state index < -0.39 is 8.07 Å². The molecule has 0 atom stereocenters. The van der Waals surface area contributed by atoms with Crippen molar-refractivity contribution < 1.29 is 0 Å². The van der Waals surface area contributed by atoms with Crippen LogP contribution in [0, 0.1) is 0 Å². The summed E-state index contributed by atoms with van der Waals surface area (Å²) in [6, 6.07) is 34.7. The second kappa shape index (κ2) is 11.7. The molecule has 0 bridgehead atoms. The van der Waals surface area contributed by atoms with E-state index in [0.717, 1.165) is 0 Å². The Morgan fingerprint density at radius 2 is 1.11 bits per heavy atom. The third-order valence-corrected chi connectivity index (χ3v) is 20.1. The van der Waals surface area contributed by atoms with Gasteiger partial charge >= 0.3 is 0 Å². The van der Waals surface area contributed by atoms with Crippen LogP contribution in [0.2, 0.25) is 16.6 Å². The van der Waals surface area contributed by atoms with E-state index in [9.17, 15) is 0 Å². The topological polar surface area (TPSA) is 0 Å². The van der Waals surface area contributed by atoms with Gasteiger partial charge in [-0.3, -0.25) is 0 Å². The predicted octanol–water partition coefficient (Wildman–Crippen LogP) is 13.3. The van der Waals surface area contributed by atoms with Gasteiger partial charge in [0.25, 0.3) is 0 Å². The van der Waals surface area contributed by atoms with Gasteiger partial charge < -0.3 is 0 Å². The summed E-state index contributed by atoms with van der Waals surface area (Å²) in [6.07, 6.45) is 0. The first-order valence-corrected chi connectivity index (χ1v) is 20.1. The largest absolute Gasteiger partial charge is 0.144 e. The van der Waals surface area contributed by atoms with E-state index in [1.807, 2.05) is 11.3 Å². The van der Waals surface area contributed by atoms with Gasteiger partial charge in [-0.2, -0.15) is 0 Å². The Bertz CT molecular complexity index is 1890. The van der Waals surface area contributed by atoms with Crippen LogP contribution in [0.3, 0.4) is 0 Å². The van der Waals surface area contributed by atoms with Crippen LogP contribution in [0.4, 0.5) is 0 Å². The number of fused-ring (bicyclic) bond motifs is 2. The minimum Gasteiger partial charge on any atom is -0.144 e. The Labute approximate surface area is 273 Å². The fraction of sp³-hybridized carbons (Fsp3) is 0.317. The third-order valence-electron chi connectivity index (χ3n) is 10.0. The molecule has 2 heterocycles. The van der Waals surface area contributed by atoms with Gasteiger partial charge in [0.05, 0.1) is 0 Å². The molecule has 0 aliphatic rings. The van der Waals surface area contributed by atoms with Gasteiger partial charge in [-0.25, -0.2) is 0 Å². The van der Waals surface area contributed by atoms with Crippen molar-refractivity contribution in [3.63, 3.8) is 0 Å². The molecule has 0 unspecified atom stereocenters. The molecule has 0 nitrogen and oxygen atoms in total. The lowest BCUT2D eigenvalue weighted by atomic mass is 9.86. The summed E-state index contributed by atoms with van der Waals surface area (Å²) in [5, 5.41) is 5.04. The minimum absolute atomic E-state index is 0.151. The maximum absolute atomic E-state index is 2.63. The smallest absolute Gasteiger partial charge is 0.107 e. The average molecular weight is 631 g/mol. The van der Waals surface area contributed by atoms with Crippen molar-refractivity contribution in [3.8, 4) is 33.4 Å². The summed E-state index contributed by atoms with van der Waals surface area (Å²) in [7, 11) is -1.83. The van der Waals surface area contributed by atoms with Crippen LogP contribution >= 0.6 is 22.7 Å². The molecule has 0 saturated carbocycles. The Morgan fingerprint density at radius 1 is 0.545 bits per heavy atom. The highest BCUT2D eigenvalue weighted by molar-refractivity contribution is 7.32. The molecule has 6 aromatic rings. The van der Waals surface area contributed by atoms with Crippen LogP contribution in [0.1, 0.15) is 67.9 Å². The van der Waals surface area contributed by atoms with Crippen molar-refractivity contribution in [1.82, 2.24) is 0 Å². The summed E-state index contributed by atoms with van der Waals surface area (Å²) < 4.78 is 4.48. The van der Waals surface area contributed by atoms with Crippen molar-refractivity contribution in [2.24, 2.45) is 0 Å². The summed E-state index contributed by atoms with van der Waals surface area (Å²) in [4.78, 5) is 0. The van der Waals surface area contributed by atoms with Crippen LogP contribution in [-0.2, 0) is 5.41 Å². The molecule has 4 aromatic carbocycles. The highest BCUT2D eigenvalue weighted by atomic mass is 32.1. The highest BCUT2D eigenvalue weighted by Gasteiger charge is 2.45. The molecule has 0 spiro atoms. The van der Waals surface area contributed by atoms with E-state index in [1.54, 1.807) is 4.50 Å². The Balaban J connectivity index is 1.59. The maximum Gasteiger partial charge on any atom is 0.107 e. The van der Waals surface area contributed by atoms with E-state index in [2.05, 4.69) is 170 Å². The summed E-state index contributed by atoms with van der Waals surface area (Å²) >= 11 is 3.97. The van der Waals surface area contributed by atoms with E-state index in [-0.39, 0.29) is 5.41 Å². The average Bonchev–Trinajstić information content (AvgIpc) is 3.65. The Morgan fingerprint density at radius 3 is 1.73 bits per heavy atom. The molecule has 0 fully saturated rings. The van der Waals surface area contributed by atoms with Crippen LogP contribution in [0.25, 0.3) is 53.6 Å². The van der Waals surface area contributed by atoms with Gasteiger partial charge in [-0.15, -0.1) is 22.7 Å². The molecule has 0 N–H and O–H groups in total. The number of hydrogen-bond acceptors (Lipinski definition) is 2. The lowest BCUT2D eigenvalue weighted by Gasteiger charge is -2.42. The van der Waals surface area contributed by atoms with Crippen LogP contribution in [0.5, 0.6) is 0 Å². The first-order valence-electron chi connectivity index (χ1n) is 16.2. The summed E-state index contributed by atoms with van der Waals surface area (Å²) in [5.74, 6) is 0. The molecular weight excluding hydrogens is 585 g/mol. The number of rotatable bonds is 7. The van der Waals surface area contributed by atoms with Gasteiger partial charge in [-0.05, 0) is 77.4 Å². The molecule has 2 aromatic heterocycles. The fourth-order valence-corrected chi connectivity index (χ4v) is 19.1. The molecule has 44 heavy (non-hydrogen) atoms. The molecular formula is C41H46S2Si. The number of thiophene rings is 2. The lowest BCUT2D eigenvalue weighted by molar-refractivity contribution is 0.590. The zero-order chi connectivity index (χ0) is 31.4. The molecule has 0 saturated heterocycles. The number of hydrogen-bond donors (Lipinski definition) is 0. The Kier molecular flexibility index (Phi) is 8.28. The van der Waals surface area contributed by atoms with Crippen LogP contribution < -0.4 is 4.50 Å². The van der Waals surface area contributed by atoms with Gasteiger partial charge in [0.2, 0.25) is 0 Å². The van der Waals surface area contributed by atoms with Gasteiger partial charge in [0.1, 0.15) is 8.07 Å². The van der Waals surface area contributed by atoms with Crippen molar-refractivity contribution >= 4 is 55.4 Å². The monoisotopic (exact) mass is 630 g/mol. The highest BCUT2D eigenvalue weighted by Crippen LogP contribution is 2.48. The second-order valence-electron chi connectivity index (χ2n) is 14.4. The van der Waals surface area contributed by atoms with Crippen molar-refractivity contribution in [2.45, 2.75) is 84.4 Å². The molecule has 0 aliphatic carbocycles. The van der Waals surface area contributed by atoms with E-state index in [4.69, 9.17) is 0 Å². The molecule has 0 aliphatic heterocycles. The molecule has 3 heteroatoms. The summed E-state index contributed by atoms with van der Waals surface area (Å²) in [6.45, 7) is 21.7. The van der Waals surface area contributed by atoms with E-state index >= 15 is 0 Å². The molecule has 0 radical (unpaired) electrons. The molecule has 226 valence electrons. The zero-order valence-corrected chi connectivity index (χ0v) is 30.4. The third kappa shape index (κ3) is 5.11. The van der Waals surface area contributed by atoms with Gasteiger partial charge in [0, 0.05) is 25.7 Å². The van der Waals surface area contributed by atoms with E-state index in [0.29, 0.717) is 16.6 Å².